The summed E-state index contributed by atoms with van der Waals surface area (Å²) in [6.07, 6.45) is 3.88. The third-order valence-corrected chi connectivity index (χ3v) is 8.55. The van der Waals surface area contributed by atoms with Crippen LogP contribution in [0, 0.1) is 5.92 Å². The topological polar surface area (TPSA) is 78.7 Å². The molecule has 1 amide bonds. The van der Waals surface area contributed by atoms with Gasteiger partial charge in [0.1, 0.15) is 23.2 Å². The minimum Gasteiger partial charge on any atom is -0.497 e. The average molecular weight is 545 g/mol. The van der Waals surface area contributed by atoms with Crippen LogP contribution in [0.2, 0.25) is 30.8 Å². The predicted octanol–water partition coefficient (Wildman–Crippen LogP) is 5.27. The van der Waals surface area contributed by atoms with E-state index in [0.717, 1.165) is 55.4 Å². The largest absolute Gasteiger partial charge is 0.497 e. The Balaban J connectivity index is 1.29. The molecule has 3 aromatic rings. The Morgan fingerprint density at radius 1 is 1.16 bits per heavy atom. The number of ether oxygens (including phenoxy) is 3. The van der Waals surface area contributed by atoms with Gasteiger partial charge in [0.05, 0.1) is 25.6 Å². The molecule has 0 N–H and O–H groups in total. The molecule has 1 atom stereocenters. The number of fused-ring (bicyclic) bond motifs is 1. The van der Waals surface area contributed by atoms with Crippen molar-refractivity contribution in [3.63, 3.8) is 0 Å². The molecular formula is C27H37ClN4O4Si. The Hall–Kier alpha value is -2.62. The molecule has 0 bridgehead atoms. The van der Waals surface area contributed by atoms with Crippen LogP contribution < -0.4 is 9.47 Å². The summed E-state index contributed by atoms with van der Waals surface area (Å²) in [5.74, 6) is 1.75. The maximum Gasteiger partial charge on any atom is 0.241 e. The zero-order chi connectivity index (χ0) is 26.4. The molecule has 2 aromatic heterocycles. The molecule has 0 unspecified atom stereocenters. The third kappa shape index (κ3) is 7.69. The van der Waals surface area contributed by atoms with Crippen LogP contribution in [0.4, 0.5) is 0 Å². The summed E-state index contributed by atoms with van der Waals surface area (Å²) >= 11 is 6.23. The van der Waals surface area contributed by atoms with Crippen molar-refractivity contribution in [1.29, 1.82) is 0 Å². The first-order valence-corrected chi connectivity index (χ1v) is 16.9. The highest BCUT2D eigenvalue weighted by molar-refractivity contribution is 6.76. The number of halogens is 1. The quantitative estimate of drug-likeness (QED) is 0.166. The Bertz CT molecular complexity index is 1200. The van der Waals surface area contributed by atoms with Crippen LogP contribution in [0.1, 0.15) is 18.4 Å². The van der Waals surface area contributed by atoms with Crippen molar-refractivity contribution in [3.05, 3.63) is 47.4 Å². The van der Waals surface area contributed by atoms with Gasteiger partial charge in [-0.1, -0.05) is 43.4 Å². The van der Waals surface area contributed by atoms with Crippen LogP contribution in [0.25, 0.3) is 11.0 Å². The van der Waals surface area contributed by atoms with E-state index in [1.165, 1.54) is 5.56 Å². The first-order chi connectivity index (χ1) is 17.7. The Morgan fingerprint density at radius 2 is 1.95 bits per heavy atom. The number of pyridine rings is 1. The van der Waals surface area contributed by atoms with Gasteiger partial charge < -0.3 is 23.7 Å². The zero-order valence-electron chi connectivity index (χ0n) is 22.2. The minimum absolute atomic E-state index is 0.204. The van der Waals surface area contributed by atoms with Crippen LogP contribution in [-0.2, 0) is 22.7 Å². The predicted molar refractivity (Wildman–Crippen MR) is 148 cm³/mol. The lowest BCUT2D eigenvalue weighted by molar-refractivity contribution is -0.127. The van der Waals surface area contributed by atoms with E-state index in [4.69, 9.17) is 25.8 Å². The smallest absolute Gasteiger partial charge is 0.241 e. The summed E-state index contributed by atoms with van der Waals surface area (Å²) < 4.78 is 19.1. The third-order valence-electron chi connectivity index (χ3n) is 6.65. The van der Waals surface area contributed by atoms with E-state index in [1.807, 2.05) is 33.7 Å². The van der Waals surface area contributed by atoms with Crippen LogP contribution in [0.15, 0.2) is 36.7 Å². The van der Waals surface area contributed by atoms with Gasteiger partial charge in [0.15, 0.2) is 0 Å². The van der Waals surface area contributed by atoms with Gasteiger partial charge in [-0.2, -0.15) is 4.98 Å². The average Bonchev–Trinajstić information content (AvgIpc) is 3.42. The molecule has 1 aromatic carbocycles. The summed E-state index contributed by atoms with van der Waals surface area (Å²) in [7, 11) is 0.504. The van der Waals surface area contributed by atoms with Gasteiger partial charge in [0, 0.05) is 40.3 Å². The first kappa shape index (κ1) is 27.4. The fraction of sp³-hybridized carbons (Fsp3) is 0.519. The van der Waals surface area contributed by atoms with Crippen LogP contribution in [0.3, 0.4) is 0 Å². The molecule has 0 radical (unpaired) electrons. The number of aromatic nitrogens is 3. The van der Waals surface area contributed by atoms with Gasteiger partial charge in [-0.25, -0.2) is 4.98 Å². The highest BCUT2D eigenvalue weighted by atomic mass is 35.5. The van der Waals surface area contributed by atoms with Crippen LogP contribution >= 0.6 is 11.6 Å². The number of likely N-dealkylation sites (tertiary alicyclic amines) is 1. The van der Waals surface area contributed by atoms with Crippen molar-refractivity contribution >= 4 is 36.6 Å². The van der Waals surface area contributed by atoms with Crippen molar-refractivity contribution in [1.82, 2.24) is 19.4 Å². The molecule has 0 aliphatic carbocycles. The van der Waals surface area contributed by atoms with E-state index in [2.05, 4.69) is 29.6 Å². The molecular weight excluding hydrogens is 508 g/mol. The Labute approximate surface area is 224 Å². The summed E-state index contributed by atoms with van der Waals surface area (Å²) in [4.78, 5) is 23.4. The molecule has 0 saturated carbocycles. The van der Waals surface area contributed by atoms with Gasteiger partial charge >= 0.3 is 0 Å². The molecule has 1 saturated heterocycles. The highest BCUT2D eigenvalue weighted by Crippen LogP contribution is 2.28. The second-order valence-electron chi connectivity index (χ2n) is 10.8. The number of benzene rings is 1. The molecule has 1 fully saturated rings. The van der Waals surface area contributed by atoms with Gasteiger partial charge in [-0.05, 0) is 42.5 Å². The second-order valence-corrected chi connectivity index (χ2v) is 16.8. The van der Waals surface area contributed by atoms with Crippen LogP contribution in [-0.4, -0.2) is 66.8 Å². The van der Waals surface area contributed by atoms with E-state index in [9.17, 15) is 4.79 Å². The van der Waals surface area contributed by atoms with E-state index in [0.29, 0.717) is 30.8 Å². The lowest BCUT2D eigenvalue weighted by atomic mass is 10.1. The van der Waals surface area contributed by atoms with E-state index in [-0.39, 0.29) is 11.8 Å². The minimum atomic E-state index is -1.15. The zero-order valence-corrected chi connectivity index (χ0v) is 24.0. The van der Waals surface area contributed by atoms with Crippen molar-refractivity contribution in [2.75, 3.05) is 33.4 Å². The number of hydrogen-bond donors (Lipinski definition) is 0. The van der Waals surface area contributed by atoms with Gasteiger partial charge in [0.25, 0.3) is 0 Å². The number of rotatable bonds is 13. The van der Waals surface area contributed by atoms with Crippen molar-refractivity contribution in [2.45, 2.75) is 51.7 Å². The molecule has 8 nitrogen and oxygen atoms in total. The normalized spacial score (nSPS) is 16.1. The van der Waals surface area contributed by atoms with E-state index in [1.54, 1.807) is 19.5 Å². The fourth-order valence-electron chi connectivity index (χ4n) is 4.41. The summed E-state index contributed by atoms with van der Waals surface area (Å²) in [5, 5.41) is 0.341. The Morgan fingerprint density at radius 3 is 2.68 bits per heavy atom. The number of methoxy groups -OCH3 is 1. The lowest BCUT2D eigenvalue weighted by Crippen LogP contribution is -2.27. The standard InChI is InChI=1S/C27H37ClN4O4Si/c1-34-22-7-5-20(6-8-22)9-11-31-17-21(15-25(31)33)10-12-36-27-26-23(16-24(28)30-27)29-18-32(26)19-35-13-14-37(2,3)4/h5-8,16,18,21H,9-15,17,19H2,1-4H3/t21-/m1/s1. The van der Waals surface area contributed by atoms with E-state index >= 15 is 0 Å². The molecule has 200 valence electrons. The second kappa shape index (κ2) is 12.3. The number of carbonyl (C=O) groups excluding carboxylic acids is 1. The molecule has 1 aliphatic rings. The molecule has 10 heteroatoms. The van der Waals surface area contributed by atoms with Crippen LogP contribution in [0.5, 0.6) is 11.6 Å². The number of imidazole rings is 1. The van der Waals surface area contributed by atoms with Gasteiger partial charge in [0.2, 0.25) is 11.8 Å². The van der Waals surface area contributed by atoms with Gasteiger partial charge in [-0.15, -0.1) is 0 Å². The lowest BCUT2D eigenvalue weighted by Gasteiger charge is -2.17. The summed E-state index contributed by atoms with van der Waals surface area (Å²) in [6.45, 7) is 10.0. The van der Waals surface area contributed by atoms with Gasteiger partial charge in [-0.3, -0.25) is 4.79 Å². The molecule has 0 spiro atoms. The number of hydrogen-bond acceptors (Lipinski definition) is 6. The maximum atomic E-state index is 12.6. The maximum absolute atomic E-state index is 12.6. The molecule has 1 aliphatic heterocycles. The van der Waals surface area contributed by atoms with Crippen molar-refractivity contribution < 1.29 is 19.0 Å². The first-order valence-electron chi connectivity index (χ1n) is 12.8. The number of nitrogens with zero attached hydrogens (tertiary/aromatic N) is 4. The molecule has 4 rings (SSSR count). The number of amides is 1. The SMILES string of the molecule is COc1ccc(CCN2C[C@H](CCOc3nc(Cl)cc4ncn(COCC[Si](C)(C)C)c34)CC2=O)cc1. The Kier molecular flexibility index (Phi) is 9.10. The summed E-state index contributed by atoms with van der Waals surface area (Å²) in [6, 6.07) is 10.8. The summed E-state index contributed by atoms with van der Waals surface area (Å²) in [5.41, 5.74) is 2.70. The van der Waals surface area contributed by atoms with Crippen molar-refractivity contribution in [3.8, 4) is 11.6 Å². The van der Waals surface area contributed by atoms with Crippen molar-refractivity contribution in [2.24, 2.45) is 5.92 Å². The monoisotopic (exact) mass is 544 g/mol. The molecule has 3 heterocycles. The fourth-order valence-corrected chi connectivity index (χ4v) is 5.35. The number of carbonyl (C=O) groups is 1. The highest BCUT2D eigenvalue weighted by Gasteiger charge is 2.29. The molecule has 37 heavy (non-hydrogen) atoms. The van der Waals surface area contributed by atoms with E-state index < -0.39 is 8.07 Å².